The number of halogens is 1. The number of anilines is 2. The van der Waals surface area contributed by atoms with Crippen LogP contribution in [0.2, 0.25) is 5.02 Å². The van der Waals surface area contributed by atoms with Crippen LogP contribution in [0.5, 0.6) is 0 Å². The fourth-order valence-electron chi connectivity index (χ4n) is 2.03. The second-order valence-electron chi connectivity index (χ2n) is 5.21. The van der Waals surface area contributed by atoms with Crippen LogP contribution >= 0.6 is 23.8 Å². The summed E-state index contributed by atoms with van der Waals surface area (Å²) in [6.45, 7) is 5.88. The zero-order chi connectivity index (χ0) is 18.4. The van der Waals surface area contributed by atoms with E-state index < -0.39 is 10.0 Å². The summed E-state index contributed by atoms with van der Waals surface area (Å²) >= 11 is 11.2. The third-order valence-corrected chi connectivity index (χ3v) is 5.18. The first kappa shape index (κ1) is 19.2. The molecular formula is C17H18ClN3O2S2. The zero-order valence-electron chi connectivity index (χ0n) is 13.5. The number of sulfonamides is 1. The van der Waals surface area contributed by atoms with E-state index in [2.05, 4.69) is 21.9 Å². The number of benzene rings is 2. The Bertz CT molecular complexity index is 899. The molecule has 0 amide bonds. The molecule has 0 heterocycles. The number of hydrogen-bond donors (Lipinski definition) is 3. The Kier molecular flexibility index (Phi) is 6.41. The highest BCUT2D eigenvalue weighted by Gasteiger charge is 2.20. The van der Waals surface area contributed by atoms with E-state index in [1.54, 1.807) is 48.5 Å². The van der Waals surface area contributed by atoms with Gasteiger partial charge in [0.25, 0.3) is 10.0 Å². The molecule has 2 aromatic carbocycles. The molecular weight excluding hydrogens is 378 g/mol. The molecule has 0 bridgehead atoms. The van der Waals surface area contributed by atoms with E-state index in [9.17, 15) is 8.42 Å². The molecule has 0 radical (unpaired) electrons. The molecule has 0 fully saturated rings. The number of nitrogens with one attached hydrogen (secondary N) is 3. The lowest BCUT2D eigenvalue weighted by Crippen LogP contribution is -2.29. The maximum Gasteiger partial charge on any atom is 0.264 e. The second-order valence-corrected chi connectivity index (χ2v) is 7.67. The maximum absolute atomic E-state index is 12.8. The number of rotatable bonds is 6. The van der Waals surface area contributed by atoms with Crippen LogP contribution in [0, 0.1) is 6.92 Å². The lowest BCUT2D eigenvalue weighted by molar-refractivity contribution is 0.601. The van der Waals surface area contributed by atoms with Crippen LogP contribution in [0.4, 0.5) is 11.4 Å². The van der Waals surface area contributed by atoms with E-state index >= 15 is 0 Å². The lowest BCUT2D eigenvalue weighted by Gasteiger charge is -2.16. The molecule has 25 heavy (non-hydrogen) atoms. The standard InChI is InChI=1S/C17H18ClN3O2S2/c1-3-10-19-17(24)20-15-9-8-12(2)11-16(15)25(22,23)21-14-7-5-4-6-13(14)18/h3-9,11,21H,1,10H2,2H3,(H2,19,20,24). The van der Waals surface area contributed by atoms with Gasteiger partial charge >= 0.3 is 0 Å². The van der Waals surface area contributed by atoms with Crippen molar-refractivity contribution in [1.82, 2.24) is 5.32 Å². The van der Waals surface area contributed by atoms with E-state index in [-0.39, 0.29) is 4.90 Å². The fraction of sp³-hybridized carbons (Fsp3) is 0.118. The zero-order valence-corrected chi connectivity index (χ0v) is 15.9. The molecule has 0 saturated heterocycles. The predicted octanol–water partition coefficient (Wildman–Crippen LogP) is 3.92. The van der Waals surface area contributed by atoms with Gasteiger partial charge in [-0.15, -0.1) is 6.58 Å². The van der Waals surface area contributed by atoms with Crippen LogP contribution < -0.4 is 15.4 Å². The van der Waals surface area contributed by atoms with Crippen molar-refractivity contribution in [3.63, 3.8) is 0 Å². The smallest absolute Gasteiger partial charge is 0.264 e. The summed E-state index contributed by atoms with van der Waals surface area (Å²) in [5.74, 6) is 0. The molecule has 0 aromatic heterocycles. The number of aryl methyl sites for hydroxylation is 1. The fourth-order valence-corrected chi connectivity index (χ4v) is 3.79. The van der Waals surface area contributed by atoms with Gasteiger partial charge < -0.3 is 10.6 Å². The van der Waals surface area contributed by atoms with Crippen LogP contribution in [-0.4, -0.2) is 20.1 Å². The van der Waals surface area contributed by atoms with Gasteiger partial charge in [0, 0.05) is 6.54 Å². The summed E-state index contributed by atoms with van der Waals surface area (Å²) in [6.07, 6.45) is 1.65. The maximum atomic E-state index is 12.8. The second kappa shape index (κ2) is 8.33. The molecule has 8 heteroatoms. The van der Waals surface area contributed by atoms with Gasteiger partial charge in [0.05, 0.1) is 16.4 Å². The average Bonchev–Trinajstić information content (AvgIpc) is 2.56. The van der Waals surface area contributed by atoms with Crippen LogP contribution in [0.25, 0.3) is 0 Å². The molecule has 2 rings (SSSR count). The van der Waals surface area contributed by atoms with Crippen molar-refractivity contribution in [1.29, 1.82) is 0 Å². The molecule has 132 valence electrons. The van der Waals surface area contributed by atoms with Crippen LogP contribution in [0.15, 0.2) is 60.0 Å². The highest BCUT2D eigenvalue weighted by atomic mass is 35.5. The average molecular weight is 396 g/mol. The van der Waals surface area contributed by atoms with Gasteiger partial charge in [-0.2, -0.15) is 0 Å². The van der Waals surface area contributed by atoms with Crippen molar-refractivity contribution >= 4 is 50.3 Å². The quantitative estimate of drug-likeness (QED) is 0.510. The number of thiocarbonyl (C=S) groups is 1. The Balaban J connectivity index is 2.36. The van der Waals surface area contributed by atoms with Crippen molar-refractivity contribution in [2.45, 2.75) is 11.8 Å². The molecule has 0 aliphatic rings. The minimum absolute atomic E-state index is 0.0789. The van der Waals surface area contributed by atoms with Crippen molar-refractivity contribution in [2.24, 2.45) is 0 Å². The van der Waals surface area contributed by atoms with Crippen molar-refractivity contribution < 1.29 is 8.42 Å². The molecule has 2 aromatic rings. The Hall–Kier alpha value is -2.09. The third-order valence-electron chi connectivity index (χ3n) is 3.20. The Morgan fingerprint density at radius 1 is 1.24 bits per heavy atom. The highest BCUT2D eigenvalue weighted by molar-refractivity contribution is 7.93. The van der Waals surface area contributed by atoms with E-state index in [4.69, 9.17) is 23.8 Å². The Morgan fingerprint density at radius 2 is 1.96 bits per heavy atom. The van der Waals surface area contributed by atoms with Gasteiger partial charge in [0.2, 0.25) is 0 Å². The van der Waals surface area contributed by atoms with Crippen molar-refractivity contribution in [2.75, 3.05) is 16.6 Å². The molecule has 0 aliphatic heterocycles. The van der Waals surface area contributed by atoms with Gasteiger partial charge in [-0.05, 0) is 49.0 Å². The summed E-state index contributed by atoms with van der Waals surface area (Å²) in [5.41, 5.74) is 1.48. The van der Waals surface area contributed by atoms with Gasteiger partial charge in [0.15, 0.2) is 5.11 Å². The lowest BCUT2D eigenvalue weighted by atomic mass is 10.2. The van der Waals surface area contributed by atoms with E-state index in [1.165, 1.54) is 0 Å². The summed E-state index contributed by atoms with van der Waals surface area (Å²) in [6, 6.07) is 11.7. The molecule has 0 aliphatic carbocycles. The van der Waals surface area contributed by atoms with Crippen LogP contribution in [-0.2, 0) is 10.0 Å². The topological polar surface area (TPSA) is 70.2 Å². The summed E-state index contributed by atoms with van der Waals surface area (Å²) in [5, 5.41) is 6.42. The van der Waals surface area contributed by atoms with E-state index in [0.29, 0.717) is 28.1 Å². The first-order valence-electron chi connectivity index (χ1n) is 7.37. The SMILES string of the molecule is C=CCNC(=S)Nc1ccc(C)cc1S(=O)(=O)Nc1ccccc1Cl. The van der Waals surface area contributed by atoms with E-state index in [1.807, 2.05) is 6.92 Å². The predicted molar refractivity (Wildman–Crippen MR) is 108 cm³/mol. The third kappa shape index (κ3) is 5.19. The minimum Gasteiger partial charge on any atom is -0.359 e. The monoisotopic (exact) mass is 395 g/mol. The largest absolute Gasteiger partial charge is 0.359 e. The first-order valence-corrected chi connectivity index (χ1v) is 9.64. The normalized spacial score (nSPS) is 10.8. The highest BCUT2D eigenvalue weighted by Crippen LogP contribution is 2.28. The number of para-hydroxylation sites is 1. The Morgan fingerprint density at radius 3 is 2.64 bits per heavy atom. The number of hydrogen-bond acceptors (Lipinski definition) is 3. The molecule has 5 nitrogen and oxygen atoms in total. The molecule has 3 N–H and O–H groups in total. The first-order chi connectivity index (χ1) is 11.8. The van der Waals surface area contributed by atoms with Gasteiger partial charge in [0.1, 0.15) is 4.90 Å². The molecule has 0 saturated carbocycles. The van der Waals surface area contributed by atoms with Crippen LogP contribution in [0.1, 0.15) is 5.56 Å². The van der Waals surface area contributed by atoms with Crippen LogP contribution in [0.3, 0.4) is 0 Å². The van der Waals surface area contributed by atoms with E-state index in [0.717, 1.165) is 5.56 Å². The molecule has 0 spiro atoms. The minimum atomic E-state index is -3.86. The summed E-state index contributed by atoms with van der Waals surface area (Å²) < 4.78 is 28.2. The van der Waals surface area contributed by atoms with Gasteiger partial charge in [-0.1, -0.05) is 35.9 Å². The molecule has 0 unspecified atom stereocenters. The van der Waals surface area contributed by atoms with Crippen molar-refractivity contribution in [3.8, 4) is 0 Å². The van der Waals surface area contributed by atoms with Gasteiger partial charge in [-0.3, -0.25) is 4.72 Å². The summed E-state index contributed by atoms with van der Waals surface area (Å²) in [4.78, 5) is 0.0789. The van der Waals surface area contributed by atoms with Crippen molar-refractivity contribution in [3.05, 3.63) is 65.7 Å². The molecule has 0 atom stereocenters. The van der Waals surface area contributed by atoms with Gasteiger partial charge in [-0.25, -0.2) is 8.42 Å². The summed E-state index contributed by atoms with van der Waals surface area (Å²) in [7, 11) is -3.86. The Labute approximate surface area is 158 Å².